The van der Waals surface area contributed by atoms with Crippen LogP contribution in [-0.2, 0) is 17.8 Å². The molecule has 0 spiro atoms. The Morgan fingerprint density at radius 2 is 2.00 bits per heavy atom. The van der Waals surface area contributed by atoms with E-state index < -0.39 is 5.63 Å². The van der Waals surface area contributed by atoms with E-state index in [0.717, 1.165) is 27.5 Å². The van der Waals surface area contributed by atoms with Gasteiger partial charge in [0.1, 0.15) is 11.2 Å². The quantitative estimate of drug-likeness (QED) is 0.549. The van der Waals surface area contributed by atoms with Gasteiger partial charge in [-0.2, -0.15) is 0 Å². The smallest absolute Gasteiger partial charge is 0.340 e. The topological polar surface area (TPSA) is 85.3 Å². The fraction of sp³-hybridized carbons (Fsp3) is 0.227. The molecule has 0 atom stereocenters. The minimum absolute atomic E-state index is 0.0561. The number of hydrogen-bond donors (Lipinski definition) is 1. The van der Waals surface area contributed by atoms with E-state index in [-0.39, 0.29) is 12.3 Å². The highest BCUT2D eigenvalue weighted by atomic mass is 16.4. The van der Waals surface area contributed by atoms with Crippen molar-refractivity contribution in [3.8, 4) is 0 Å². The van der Waals surface area contributed by atoms with Gasteiger partial charge in [0.25, 0.3) is 0 Å². The molecule has 6 nitrogen and oxygen atoms in total. The third kappa shape index (κ3) is 3.07. The van der Waals surface area contributed by atoms with E-state index in [1.54, 1.807) is 18.7 Å². The van der Waals surface area contributed by atoms with Gasteiger partial charge in [0, 0.05) is 24.3 Å². The van der Waals surface area contributed by atoms with Crippen molar-refractivity contribution in [3.05, 3.63) is 75.1 Å². The maximum Gasteiger partial charge on any atom is 0.340 e. The Balaban J connectivity index is 1.71. The second kappa shape index (κ2) is 6.96. The number of carbonyl (C=O) groups excluding carboxylic acids is 1. The average Bonchev–Trinajstić information content (AvgIpc) is 3.06. The van der Waals surface area contributed by atoms with E-state index in [4.69, 9.17) is 8.83 Å². The van der Waals surface area contributed by atoms with Crippen LogP contribution in [0.25, 0.3) is 21.9 Å². The molecule has 3 heterocycles. The normalized spacial score (nSPS) is 11.2. The summed E-state index contributed by atoms with van der Waals surface area (Å²) in [6, 6.07) is 5.53. The van der Waals surface area contributed by atoms with Crippen LogP contribution >= 0.6 is 0 Å². The van der Waals surface area contributed by atoms with E-state index in [0.29, 0.717) is 28.8 Å². The number of nitrogens with zero attached hydrogens (tertiary/aromatic N) is 1. The molecular weight excluding hydrogens is 356 g/mol. The van der Waals surface area contributed by atoms with Crippen LogP contribution in [0, 0.1) is 20.8 Å². The van der Waals surface area contributed by atoms with Crippen LogP contribution in [0.1, 0.15) is 27.8 Å². The van der Waals surface area contributed by atoms with E-state index in [1.165, 1.54) is 0 Å². The number of benzene rings is 1. The number of furan rings is 1. The number of pyridine rings is 1. The summed E-state index contributed by atoms with van der Waals surface area (Å²) in [6.07, 6.45) is 5.00. The van der Waals surface area contributed by atoms with Gasteiger partial charge in [0.15, 0.2) is 0 Å². The molecule has 1 amide bonds. The molecule has 4 rings (SSSR count). The highest BCUT2D eigenvalue weighted by Crippen LogP contribution is 2.34. The van der Waals surface area contributed by atoms with Gasteiger partial charge >= 0.3 is 5.63 Å². The van der Waals surface area contributed by atoms with Crippen molar-refractivity contribution >= 4 is 27.8 Å². The van der Waals surface area contributed by atoms with Gasteiger partial charge in [0.2, 0.25) is 5.91 Å². The van der Waals surface area contributed by atoms with Gasteiger partial charge in [-0.3, -0.25) is 9.78 Å². The van der Waals surface area contributed by atoms with Gasteiger partial charge < -0.3 is 14.2 Å². The Morgan fingerprint density at radius 3 is 2.75 bits per heavy atom. The molecule has 0 aliphatic heterocycles. The van der Waals surface area contributed by atoms with Crippen molar-refractivity contribution in [2.75, 3.05) is 0 Å². The van der Waals surface area contributed by atoms with Crippen molar-refractivity contribution in [1.29, 1.82) is 0 Å². The van der Waals surface area contributed by atoms with Crippen LogP contribution in [-0.4, -0.2) is 10.9 Å². The van der Waals surface area contributed by atoms with Crippen LogP contribution in [0.5, 0.6) is 0 Å². The monoisotopic (exact) mass is 376 g/mol. The number of hydrogen-bond acceptors (Lipinski definition) is 5. The van der Waals surface area contributed by atoms with Crippen molar-refractivity contribution in [3.63, 3.8) is 0 Å². The SMILES string of the molecule is Cc1coc2c1c(C)cc1oc(=O)c(CC(=O)NCc3cccnc3)c(C)c12. The van der Waals surface area contributed by atoms with Crippen LogP contribution in [0.15, 0.2) is 50.5 Å². The Kier molecular flexibility index (Phi) is 4.47. The van der Waals surface area contributed by atoms with Crippen molar-refractivity contribution in [1.82, 2.24) is 10.3 Å². The lowest BCUT2D eigenvalue weighted by molar-refractivity contribution is -0.120. The number of fused-ring (bicyclic) bond motifs is 3. The molecule has 0 aliphatic carbocycles. The molecule has 6 heteroatoms. The molecule has 28 heavy (non-hydrogen) atoms. The first kappa shape index (κ1) is 18.0. The zero-order valence-corrected chi connectivity index (χ0v) is 16.0. The highest BCUT2D eigenvalue weighted by molar-refractivity contribution is 6.07. The van der Waals surface area contributed by atoms with E-state index in [1.807, 2.05) is 39.0 Å². The minimum Gasteiger partial charge on any atom is -0.463 e. The largest absolute Gasteiger partial charge is 0.463 e. The molecule has 0 saturated heterocycles. The summed E-state index contributed by atoms with van der Waals surface area (Å²) < 4.78 is 11.3. The highest BCUT2D eigenvalue weighted by Gasteiger charge is 2.19. The Bertz CT molecular complexity index is 1250. The lowest BCUT2D eigenvalue weighted by Gasteiger charge is -2.10. The molecule has 142 valence electrons. The molecule has 3 aromatic heterocycles. The fourth-order valence-corrected chi connectivity index (χ4v) is 3.60. The number of aromatic nitrogens is 1. The maximum absolute atomic E-state index is 12.5. The van der Waals surface area contributed by atoms with Crippen LogP contribution in [0.4, 0.5) is 0 Å². The van der Waals surface area contributed by atoms with Crippen LogP contribution in [0.3, 0.4) is 0 Å². The predicted octanol–water partition coefficient (Wildman–Crippen LogP) is 3.72. The number of amides is 1. The number of aryl methyl sites for hydroxylation is 3. The minimum atomic E-state index is -0.497. The van der Waals surface area contributed by atoms with Gasteiger partial charge in [-0.15, -0.1) is 0 Å². The summed E-state index contributed by atoms with van der Waals surface area (Å²) in [5, 5.41) is 4.57. The number of carbonyl (C=O) groups is 1. The Hall–Kier alpha value is -3.41. The molecule has 0 radical (unpaired) electrons. The summed E-state index contributed by atoms with van der Waals surface area (Å²) in [5.41, 5.74) is 4.61. The molecule has 0 fully saturated rings. The first-order chi connectivity index (χ1) is 13.5. The predicted molar refractivity (Wildman–Crippen MR) is 106 cm³/mol. The summed E-state index contributed by atoms with van der Waals surface area (Å²) in [6.45, 7) is 6.12. The lowest BCUT2D eigenvalue weighted by atomic mass is 9.99. The summed E-state index contributed by atoms with van der Waals surface area (Å²) >= 11 is 0. The first-order valence-electron chi connectivity index (χ1n) is 9.05. The molecule has 1 N–H and O–H groups in total. The van der Waals surface area contributed by atoms with E-state index >= 15 is 0 Å². The number of rotatable bonds is 4. The number of nitrogens with one attached hydrogen (secondary N) is 1. The van der Waals surface area contributed by atoms with Gasteiger partial charge in [-0.1, -0.05) is 6.07 Å². The molecule has 0 unspecified atom stereocenters. The van der Waals surface area contributed by atoms with Crippen molar-refractivity contribution < 1.29 is 13.6 Å². The maximum atomic E-state index is 12.5. The zero-order valence-electron chi connectivity index (χ0n) is 16.0. The van der Waals surface area contributed by atoms with Gasteiger partial charge in [-0.05, 0) is 55.2 Å². The second-order valence-electron chi connectivity index (χ2n) is 7.00. The summed E-state index contributed by atoms with van der Waals surface area (Å²) in [7, 11) is 0. The summed E-state index contributed by atoms with van der Waals surface area (Å²) in [4.78, 5) is 29.0. The first-order valence-corrected chi connectivity index (χ1v) is 9.05. The molecule has 0 bridgehead atoms. The average molecular weight is 376 g/mol. The Morgan fingerprint density at radius 1 is 1.18 bits per heavy atom. The van der Waals surface area contributed by atoms with Crippen LogP contribution in [0.2, 0.25) is 0 Å². The standard InChI is InChI=1S/C22H20N2O4/c1-12-7-17-20(21-19(12)13(2)11-27-21)14(3)16(22(26)28-17)8-18(25)24-10-15-5-4-6-23-9-15/h4-7,9,11H,8,10H2,1-3H3,(H,24,25). The molecule has 0 aliphatic rings. The Labute approximate surface area is 161 Å². The van der Waals surface area contributed by atoms with E-state index in [9.17, 15) is 9.59 Å². The zero-order chi connectivity index (χ0) is 19.8. The van der Waals surface area contributed by atoms with Crippen molar-refractivity contribution in [2.45, 2.75) is 33.7 Å². The van der Waals surface area contributed by atoms with Gasteiger partial charge in [-0.25, -0.2) is 4.79 Å². The van der Waals surface area contributed by atoms with E-state index in [2.05, 4.69) is 10.3 Å². The molecule has 4 aromatic rings. The lowest BCUT2D eigenvalue weighted by Crippen LogP contribution is -2.27. The fourth-order valence-electron chi connectivity index (χ4n) is 3.60. The molecular formula is C22H20N2O4. The van der Waals surface area contributed by atoms with Crippen LogP contribution < -0.4 is 10.9 Å². The second-order valence-corrected chi connectivity index (χ2v) is 7.00. The third-order valence-corrected chi connectivity index (χ3v) is 5.02. The van der Waals surface area contributed by atoms with Gasteiger partial charge in [0.05, 0.1) is 23.6 Å². The molecule has 1 aromatic carbocycles. The molecule has 0 saturated carbocycles. The third-order valence-electron chi connectivity index (χ3n) is 5.02. The van der Waals surface area contributed by atoms with Crippen molar-refractivity contribution in [2.24, 2.45) is 0 Å². The summed E-state index contributed by atoms with van der Waals surface area (Å²) in [5.74, 6) is -0.252.